The van der Waals surface area contributed by atoms with E-state index in [9.17, 15) is 0 Å². The molecular formula is C70H48N4. The molecule has 0 aliphatic carbocycles. The Hall–Kier alpha value is -9.90. The van der Waals surface area contributed by atoms with Crippen molar-refractivity contribution in [2.45, 2.75) is 0 Å². The van der Waals surface area contributed by atoms with Gasteiger partial charge in [0.05, 0.1) is 33.4 Å². The van der Waals surface area contributed by atoms with E-state index in [4.69, 9.17) is 0 Å². The third-order valence-corrected chi connectivity index (χ3v) is 14.6. The van der Waals surface area contributed by atoms with E-state index in [0.717, 1.165) is 78.5 Å². The van der Waals surface area contributed by atoms with Crippen LogP contribution in [0.5, 0.6) is 0 Å². The van der Waals surface area contributed by atoms with Crippen LogP contribution in [0.15, 0.2) is 291 Å². The summed E-state index contributed by atoms with van der Waals surface area (Å²) in [5.41, 5.74) is 18.0. The zero-order valence-corrected chi connectivity index (χ0v) is 40.5. The van der Waals surface area contributed by atoms with Gasteiger partial charge in [0.1, 0.15) is 0 Å². The molecule has 0 saturated carbocycles. The number of benzene rings is 12. The van der Waals surface area contributed by atoms with Crippen molar-refractivity contribution in [3.63, 3.8) is 0 Å². The molecule has 0 aliphatic heterocycles. The first-order valence-electron chi connectivity index (χ1n) is 25.3. The molecule has 0 spiro atoms. The molecule has 0 amide bonds. The minimum Gasteiger partial charge on any atom is -0.310 e. The van der Waals surface area contributed by atoms with Gasteiger partial charge in [-0.3, -0.25) is 0 Å². The van der Waals surface area contributed by atoms with Crippen molar-refractivity contribution in [3.05, 3.63) is 291 Å². The maximum atomic E-state index is 2.42. The number of hydrogen-bond acceptors (Lipinski definition) is 2. The average Bonchev–Trinajstić information content (AvgIpc) is 3.99. The zero-order chi connectivity index (χ0) is 49.0. The summed E-state index contributed by atoms with van der Waals surface area (Å²) in [5.74, 6) is 0. The maximum absolute atomic E-state index is 2.42. The second-order valence-corrected chi connectivity index (χ2v) is 18.9. The molecule has 348 valence electrons. The molecule has 74 heavy (non-hydrogen) atoms. The smallest absolute Gasteiger partial charge is 0.0546 e. The molecule has 0 radical (unpaired) electrons. The SMILES string of the molecule is c1ccc(-c2cc3cc(-c4ccccc4)c(N(c4ccccc4)c4ccc(-n5c6ccccc6c6ccccc65)cc4)cc3cc2N(c2ccccc2)c2ccc(-n3c4ccccc4c4ccccc43)cc2)cc1. The fourth-order valence-electron chi connectivity index (χ4n) is 11.3. The third-order valence-electron chi connectivity index (χ3n) is 14.6. The normalized spacial score (nSPS) is 11.5. The Bertz CT molecular complexity index is 3950. The first-order chi connectivity index (χ1) is 36.7. The van der Waals surface area contributed by atoms with Gasteiger partial charge in [-0.2, -0.15) is 0 Å². The standard InChI is InChI=1S/C70H48N4/c1-5-21-49(22-6-1)63-45-51-46-64(50-23-7-2-8-24-50)70(72(54-27-11-4-12-28-54)56-39-43-58(44-40-56)74-67-35-19-15-31-61(67)62-32-16-20-36-68(62)74)48-52(51)47-69(63)71(53-25-9-3-10-26-53)55-37-41-57(42-38-55)73-65-33-17-13-29-59(65)60-30-14-18-34-66(60)73/h1-48H. The second kappa shape index (κ2) is 18.1. The number of hydrogen-bond donors (Lipinski definition) is 0. The molecule has 2 heterocycles. The van der Waals surface area contributed by atoms with Crippen molar-refractivity contribution in [3.8, 4) is 33.6 Å². The Labute approximate surface area is 430 Å². The average molecular weight is 945 g/mol. The van der Waals surface area contributed by atoms with Crippen LogP contribution in [0.3, 0.4) is 0 Å². The van der Waals surface area contributed by atoms with Gasteiger partial charge in [0.25, 0.3) is 0 Å². The summed E-state index contributed by atoms with van der Waals surface area (Å²) in [5, 5.41) is 7.27. The first kappa shape index (κ1) is 42.9. The molecule has 14 aromatic rings. The van der Waals surface area contributed by atoms with Gasteiger partial charge in [0, 0.05) is 66.8 Å². The highest BCUT2D eigenvalue weighted by atomic mass is 15.2. The Kier molecular flexibility index (Phi) is 10.5. The third kappa shape index (κ3) is 7.31. The minimum absolute atomic E-state index is 1.06. The Morgan fingerprint density at radius 2 is 0.500 bits per heavy atom. The summed E-state index contributed by atoms with van der Waals surface area (Å²) in [7, 11) is 0. The summed E-state index contributed by atoms with van der Waals surface area (Å²) >= 11 is 0. The second-order valence-electron chi connectivity index (χ2n) is 18.9. The highest BCUT2D eigenvalue weighted by molar-refractivity contribution is 6.11. The lowest BCUT2D eigenvalue weighted by molar-refractivity contribution is 1.17. The molecule has 14 rings (SSSR count). The van der Waals surface area contributed by atoms with Crippen LogP contribution in [-0.2, 0) is 0 Å². The molecule has 0 fully saturated rings. The molecule has 12 aromatic carbocycles. The number of aromatic nitrogens is 2. The van der Waals surface area contributed by atoms with Crippen LogP contribution >= 0.6 is 0 Å². The Balaban J connectivity index is 0.971. The molecular weight excluding hydrogens is 897 g/mol. The van der Waals surface area contributed by atoms with Gasteiger partial charge in [-0.15, -0.1) is 0 Å². The lowest BCUT2D eigenvalue weighted by atomic mass is 9.93. The van der Waals surface area contributed by atoms with E-state index in [1.165, 1.54) is 43.6 Å². The van der Waals surface area contributed by atoms with Gasteiger partial charge in [-0.05, 0) is 143 Å². The van der Waals surface area contributed by atoms with Crippen LogP contribution in [0.4, 0.5) is 34.1 Å². The van der Waals surface area contributed by atoms with E-state index in [1.807, 2.05) is 0 Å². The molecule has 0 bridgehead atoms. The van der Waals surface area contributed by atoms with Crippen LogP contribution < -0.4 is 9.80 Å². The molecule has 0 aliphatic rings. The molecule has 4 heteroatoms. The number of anilines is 6. The largest absolute Gasteiger partial charge is 0.310 e. The van der Waals surface area contributed by atoms with E-state index >= 15 is 0 Å². The number of nitrogens with zero attached hydrogens (tertiary/aromatic N) is 4. The van der Waals surface area contributed by atoms with E-state index < -0.39 is 0 Å². The molecule has 2 aromatic heterocycles. The van der Waals surface area contributed by atoms with E-state index in [0.29, 0.717) is 0 Å². The molecule has 0 saturated heterocycles. The predicted molar refractivity (Wildman–Crippen MR) is 313 cm³/mol. The van der Waals surface area contributed by atoms with Gasteiger partial charge in [0.2, 0.25) is 0 Å². The summed E-state index contributed by atoms with van der Waals surface area (Å²) < 4.78 is 4.77. The number of rotatable bonds is 10. The summed E-state index contributed by atoms with van der Waals surface area (Å²) in [6.45, 7) is 0. The fourth-order valence-corrected chi connectivity index (χ4v) is 11.3. The number of fused-ring (bicyclic) bond motifs is 7. The van der Waals surface area contributed by atoms with Gasteiger partial charge >= 0.3 is 0 Å². The van der Waals surface area contributed by atoms with Crippen molar-refractivity contribution >= 4 is 88.5 Å². The summed E-state index contributed by atoms with van der Waals surface area (Å²) in [6.07, 6.45) is 0. The summed E-state index contributed by atoms with van der Waals surface area (Å²) in [6, 6.07) is 106. The minimum atomic E-state index is 1.06. The van der Waals surface area contributed by atoms with Crippen molar-refractivity contribution in [1.82, 2.24) is 9.13 Å². The van der Waals surface area contributed by atoms with E-state index in [-0.39, 0.29) is 0 Å². The zero-order valence-electron chi connectivity index (χ0n) is 40.5. The predicted octanol–water partition coefficient (Wildman–Crippen LogP) is 19.3. The lowest BCUT2D eigenvalue weighted by Gasteiger charge is -2.30. The Morgan fingerprint density at radius 1 is 0.230 bits per heavy atom. The maximum Gasteiger partial charge on any atom is 0.0546 e. The van der Waals surface area contributed by atoms with Crippen LogP contribution in [0, 0.1) is 0 Å². The van der Waals surface area contributed by atoms with Crippen LogP contribution in [-0.4, -0.2) is 9.13 Å². The highest BCUT2D eigenvalue weighted by Crippen LogP contribution is 2.48. The quantitative estimate of drug-likeness (QED) is 0.136. The summed E-state index contributed by atoms with van der Waals surface area (Å²) in [4.78, 5) is 4.84. The van der Waals surface area contributed by atoms with Crippen LogP contribution in [0.1, 0.15) is 0 Å². The Morgan fingerprint density at radius 3 is 0.838 bits per heavy atom. The van der Waals surface area contributed by atoms with Crippen molar-refractivity contribution in [2.24, 2.45) is 0 Å². The van der Waals surface area contributed by atoms with Crippen molar-refractivity contribution < 1.29 is 0 Å². The van der Waals surface area contributed by atoms with Gasteiger partial charge in [-0.1, -0.05) is 170 Å². The molecule has 0 N–H and O–H groups in total. The molecule has 0 unspecified atom stereocenters. The van der Waals surface area contributed by atoms with Gasteiger partial charge in [0.15, 0.2) is 0 Å². The first-order valence-corrected chi connectivity index (χ1v) is 25.3. The lowest BCUT2D eigenvalue weighted by Crippen LogP contribution is -2.12. The molecule has 0 atom stereocenters. The van der Waals surface area contributed by atoms with Gasteiger partial charge in [-0.25, -0.2) is 0 Å². The topological polar surface area (TPSA) is 16.3 Å². The monoisotopic (exact) mass is 944 g/mol. The van der Waals surface area contributed by atoms with Crippen molar-refractivity contribution in [1.29, 1.82) is 0 Å². The molecule has 4 nitrogen and oxygen atoms in total. The number of para-hydroxylation sites is 6. The van der Waals surface area contributed by atoms with Crippen molar-refractivity contribution in [2.75, 3.05) is 9.80 Å². The van der Waals surface area contributed by atoms with E-state index in [1.54, 1.807) is 0 Å². The van der Waals surface area contributed by atoms with Gasteiger partial charge < -0.3 is 18.9 Å². The van der Waals surface area contributed by atoms with Crippen LogP contribution in [0.25, 0.3) is 88.0 Å². The fraction of sp³-hybridized carbons (Fsp3) is 0. The highest BCUT2D eigenvalue weighted by Gasteiger charge is 2.23. The van der Waals surface area contributed by atoms with Crippen LogP contribution in [0.2, 0.25) is 0 Å². The van der Waals surface area contributed by atoms with E-state index in [2.05, 4.69) is 310 Å².